The van der Waals surface area contributed by atoms with E-state index >= 15 is 0 Å². The Balaban J connectivity index is 1.86. The highest BCUT2D eigenvalue weighted by atomic mass is 79.9. The number of aromatic hydroxyl groups is 1. The summed E-state index contributed by atoms with van der Waals surface area (Å²) in [5.41, 5.74) is 1.36. The van der Waals surface area contributed by atoms with Crippen LogP contribution in [0.4, 0.5) is 10.5 Å². The molecule has 0 aromatic heterocycles. The molecule has 0 saturated heterocycles. The summed E-state index contributed by atoms with van der Waals surface area (Å²) in [5.74, 6) is -0.419. The molecule has 0 heterocycles. The number of esters is 1. The van der Waals surface area contributed by atoms with Crippen molar-refractivity contribution in [1.82, 2.24) is 0 Å². The summed E-state index contributed by atoms with van der Waals surface area (Å²) in [4.78, 5) is 24.2. The fourth-order valence-electron chi connectivity index (χ4n) is 3.39. The molecule has 0 saturated carbocycles. The van der Waals surface area contributed by atoms with Crippen molar-refractivity contribution in [3.8, 4) is 5.75 Å². The van der Waals surface area contributed by atoms with Crippen molar-refractivity contribution >= 4 is 57.1 Å². The van der Waals surface area contributed by atoms with Crippen LogP contribution in [-0.4, -0.2) is 29.5 Å². The van der Waals surface area contributed by atoms with E-state index in [1.165, 1.54) is 0 Å². The molecule has 0 unspecified atom stereocenters. The molecule has 3 rings (SSSR count). The number of phenols is 1. The van der Waals surface area contributed by atoms with Gasteiger partial charge < -0.3 is 14.6 Å². The van der Waals surface area contributed by atoms with E-state index < -0.39 is 18.2 Å². The van der Waals surface area contributed by atoms with Gasteiger partial charge in [0.25, 0.3) is 0 Å². The molecule has 6 nitrogen and oxygen atoms in total. The molecule has 0 fully saturated rings. The molecule has 2 N–H and O–H groups in total. The monoisotopic (exact) mass is 517 g/mol. The molecule has 0 bridgehead atoms. The predicted octanol–water partition coefficient (Wildman–Crippen LogP) is 6.10. The van der Waals surface area contributed by atoms with E-state index in [0.717, 1.165) is 15.4 Å². The van der Waals surface area contributed by atoms with Gasteiger partial charge in [-0.2, -0.15) is 12.6 Å². The first kappa shape index (κ1) is 23.9. The van der Waals surface area contributed by atoms with E-state index in [0.29, 0.717) is 17.5 Å². The molecule has 8 heteroatoms. The number of ether oxygens (including phenoxy) is 2. The maximum atomic E-state index is 12.7. The van der Waals surface area contributed by atoms with E-state index in [1.807, 2.05) is 43.3 Å². The van der Waals surface area contributed by atoms with Crippen molar-refractivity contribution in [3.63, 3.8) is 0 Å². The average molecular weight is 518 g/mol. The summed E-state index contributed by atoms with van der Waals surface area (Å²) in [5, 5.41) is 14.4. The molecular weight excluding hydrogens is 494 g/mol. The van der Waals surface area contributed by atoms with Gasteiger partial charge in [-0.3, -0.25) is 10.1 Å². The minimum absolute atomic E-state index is 0.00645. The third-order valence-electron chi connectivity index (χ3n) is 5.05. The molecule has 3 aromatic carbocycles. The van der Waals surface area contributed by atoms with Gasteiger partial charge in [-0.25, -0.2) is 4.79 Å². The van der Waals surface area contributed by atoms with Gasteiger partial charge in [-0.05, 0) is 42.1 Å². The number of amides is 1. The van der Waals surface area contributed by atoms with Crippen LogP contribution in [0.1, 0.15) is 25.0 Å². The van der Waals surface area contributed by atoms with Crippen LogP contribution in [0.25, 0.3) is 10.8 Å². The van der Waals surface area contributed by atoms with Gasteiger partial charge >= 0.3 is 12.1 Å². The van der Waals surface area contributed by atoms with E-state index in [1.54, 1.807) is 24.3 Å². The van der Waals surface area contributed by atoms with E-state index in [-0.39, 0.29) is 24.0 Å². The first-order valence-corrected chi connectivity index (χ1v) is 11.5. The maximum Gasteiger partial charge on any atom is 0.412 e. The predicted molar refractivity (Wildman–Crippen MR) is 131 cm³/mol. The number of thiol groups is 1. The Kier molecular flexibility index (Phi) is 8.41. The van der Waals surface area contributed by atoms with Gasteiger partial charge in [-0.1, -0.05) is 53.2 Å². The lowest BCUT2D eigenvalue weighted by Gasteiger charge is -2.26. The lowest BCUT2D eigenvalue weighted by atomic mass is 9.90. The fraction of sp³-hybridized carbons (Fsp3) is 0.250. The first-order chi connectivity index (χ1) is 15.4. The molecule has 32 heavy (non-hydrogen) atoms. The van der Waals surface area contributed by atoms with Crippen LogP contribution in [0.15, 0.2) is 65.1 Å². The lowest BCUT2D eigenvalue weighted by molar-refractivity contribution is -0.141. The Morgan fingerprint density at radius 3 is 2.44 bits per heavy atom. The molecule has 0 aliphatic heterocycles. The summed E-state index contributed by atoms with van der Waals surface area (Å²) in [7, 11) is 0. The van der Waals surface area contributed by atoms with Crippen LogP contribution in [-0.2, 0) is 14.3 Å². The average Bonchev–Trinajstić information content (AvgIpc) is 2.79. The minimum atomic E-state index is -0.634. The van der Waals surface area contributed by atoms with Crippen molar-refractivity contribution in [2.45, 2.75) is 19.4 Å². The largest absolute Gasteiger partial charge is 0.507 e. The minimum Gasteiger partial charge on any atom is -0.507 e. The van der Waals surface area contributed by atoms with E-state index in [2.05, 4.69) is 33.9 Å². The van der Waals surface area contributed by atoms with Gasteiger partial charge in [0.15, 0.2) is 0 Å². The summed E-state index contributed by atoms with van der Waals surface area (Å²) in [6.07, 6.45) is -0.760. The number of phenolic OH excluding ortho intramolecular Hbond substituents is 1. The molecule has 3 aromatic rings. The zero-order valence-electron chi connectivity index (χ0n) is 17.5. The number of fused-ring (bicyclic) bond motifs is 1. The van der Waals surface area contributed by atoms with E-state index in [4.69, 9.17) is 9.47 Å². The molecule has 0 aliphatic carbocycles. The Hall–Kier alpha value is -2.71. The van der Waals surface area contributed by atoms with Gasteiger partial charge in [0.2, 0.25) is 0 Å². The Morgan fingerprint density at radius 1 is 1.06 bits per heavy atom. The topological polar surface area (TPSA) is 84.9 Å². The van der Waals surface area contributed by atoms with Crippen molar-refractivity contribution in [2.24, 2.45) is 5.92 Å². The Labute approximate surface area is 200 Å². The number of rotatable bonds is 8. The zero-order valence-corrected chi connectivity index (χ0v) is 19.9. The first-order valence-electron chi connectivity index (χ1n) is 10.1. The third-order valence-corrected chi connectivity index (χ3v) is 5.83. The Bertz CT molecular complexity index is 1090. The molecule has 0 aliphatic rings. The molecule has 1 amide bonds. The summed E-state index contributed by atoms with van der Waals surface area (Å²) in [6, 6.07) is 17.9. The van der Waals surface area contributed by atoms with Crippen molar-refractivity contribution in [1.29, 1.82) is 0 Å². The van der Waals surface area contributed by atoms with Crippen LogP contribution in [0, 0.1) is 5.92 Å². The van der Waals surface area contributed by atoms with Crippen LogP contribution in [0.2, 0.25) is 0 Å². The number of hydrogen-bond acceptors (Lipinski definition) is 6. The number of halogens is 1. The summed E-state index contributed by atoms with van der Waals surface area (Å²) >= 11 is 7.27. The fourth-order valence-corrected chi connectivity index (χ4v) is 3.75. The van der Waals surface area contributed by atoms with Gasteiger partial charge in [0, 0.05) is 27.0 Å². The molecule has 0 radical (unpaired) electrons. The van der Waals surface area contributed by atoms with Crippen molar-refractivity contribution in [3.05, 3.63) is 70.7 Å². The number of nitrogens with one attached hydrogen (secondary N) is 1. The third kappa shape index (κ3) is 6.17. The highest BCUT2D eigenvalue weighted by Gasteiger charge is 2.26. The Morgan fingerprint density at radius 2 is 1.75 bits per heavy atom. The highest BCUT2D eigenvalue weighted by molar-refractivity contribution is 9.10. The number of carbonyl (C=O) groups excluding carboxylic acids is 2. The SMILES string of the molecule is C[C@@H](CCOC(=O)CS)[C@@H](OC(=O)Nc1ccc(Br)cc1)c1ccc(O)c2ccccc12. The second-order valence-corrected chi connectivity index (χ2v) is 8.55. The summed E-state index contributed by atoms with van der Waals surface area (Å²) in [6.45, 7) is 2.11. The molecule has 168 valence electrons. The van der Waals surface area contributed by atoms with Crippen molar-refractivity contribution < 1.29 is 24.2 Å². The number of anilines is 1. The lowest BCUT2D eigenvalue weighted by Crippen LogP contribution is -2.23. The molecular formula is C24H24BrNO5S. The highest BCUT2D eigenvalue weighted by Crippen LogP contribution is 2.37. The normalized spacial score (nSPS) is 12.7. The smallest absolute Gasteiger partial charge is 0.412 e. The van der Waals surface area contributed by atoms with Gasteiger partial charge in [0.1, 0.15) is 11.9 Å². The second kappa shape index (κ2) is 11.2. The number of benzene rings is 3. The maximum absolute atomic E-state index is 12.7. The summed E-state index contributed by atoms with van der Waals surface area (Å²) < 4.78 is 11.9. The molecule has 2 atom stereocenters. The van der Waals surface area contributed by atoms with Crippen LogP contribution < -0.4 is 5.32 Å². The quantitative estimate of drug-likeness (QED) is 0.248. The van der Waals surface area contributed by atoms with Crippen LogP contribution in [0.3, 0.4) is 0 Å². The second-order valence-electron chi connectivity index (χ2n) is 7.32. The van der Waals surface area contributed by atoms with Crippen molar-refractivity contribution in [2.75, 3.05) is 17.7 Å². The van der Waals surface area contributed by atoms with Gasteiger partial charge in [0.05, 0.1) is 12.4 Å². The van der Waals surface area contributed by atoms with E-state index in [9.17, 15) is 14.7 Å². The number of carbonyl (C=O) groups is 2. The number of hydrogen-bond donors (Lipinski definition) is 3. The van der Waals surface area contributed by atoms with Crippen LogP contribution in [0.5, 0.6) is 5.75 Å². The standard InChI is InChI=1S/C24H24BrNO5S/c1-15(12-13-30-22(28)14-32)23(31-24(29)26-17-8-6-16(25)7-9-17)20-10-11-21(27)19-5-3-2-4-18(19)20/h2-11,15,23,27,32H,12-14H2,1H3,(H,26,29)/t15-,23+/m0/s1. The van der Waals surface area contributed by atoms with Crippen LogP contribution >= 0.6 is 28.6 Å². The zero-order chi connectivity index (χ0) is 23.1. The van der Waals surface area contributed by atoms with Gasteiger partial charge in [-0.15, -0.1) is 0 Å². The molecule has 0 spiro atoms.